The Morgan fingerprint density at radius 1 is 1.20 bits per heavy atom. The van der Waals surface area contributed by atoms with Crippen molar-refractivity contribution in [2.45, 2.75) is 51.0 Å². The number of hydrogen-bond acceptors (Lipinski definition) is 6. The molecule has 1 saturated carbocycles. The zero-order valence-electron chi connectivity index (χ0n) is 20.1. The highest BCUT2D eigenvalue weighted by Gasteiger charge is 2.45. The monoisotopic (exact) mass is 478 g/mol. The fraction of sp³-hybridized carbons (Fsp3) is 0.538. The molecule has 9 heteroatoms. The molecule has 2 fully saturated rings. The van der Waals surface area contributed by atoms with Gasteiger partial charge in [0.2, 0.25) is 0 Å². The van der Waals surface area contributed by atoms with E-state index in [1.54, 1.807) is 0 Å². The number of pyridine rings is 1. The Morgan fingerprint density at radius 3 is 2.71 bits per heavy atom. The zero-order valence-corrected chi connectivity index (χ0v) is 20.1. The minimum atomic E-state index is -0.474. The fourth-order valence-electron chi connectivity index (χ4n) is 5.92. The van der Waals surface area contributed by atoms with Crippen molar-refractivity contribution in [2.75, 3.05) is 38.1 Å². The Morgan fingerprint density at radius 2 is 2.00 bits per heavy atom. The molecule has 6 rings (SSSR count). The number of amides is 1. The summed E-state index contributed by atoms with van der Waals surface area (Å²) in [5, 5.41) is 2.49. The molecule has 1 amide bonds. The Hall–Kier alpha value is -3.07. The number of nitrogens with one attached hydrogen (secondary N) is 2. The van der Waals surface area contributed by atoms with Crippen molar-refractivity contribution < 1.29 is 9.18 Å². The number of H-pyrrole nitrogens is 1. The van der Waals surface area contributed by atoms with E-state index in [1.165, 1.54) is 32.2 Å². The lowest BCUT2D eigenvalue weighted by molar-refractivity contribution is 0.0962. The molecule has 1 saturated heterocycles. The summed E-state index contributed by atoms with van der Waals surface area (Å²) in [5.74, 6) is 0.212. The molecular weight excluding hydrogens is 447 g/mol. The second kappa shape index (κ2) is 8.55. The summed E-state index contributed by atoms with van der Waals surface area (Å²) in [5.41, 5.74) is 3.70. The van der Waals surface area contributed by atoms with Gasteiger partial charge >= 0.3 is 0 Å². The van der Waals surface area contributed by atoms with E-state index in [9.17, 15) is 14.0 Å². The van der Waals surface area contributed by atoms with Gasteiger partial charge in [0.25, 0.3) is 11.5 Å². The number of carbonyl (C=O) groups is 1. The smallest absolute Gasteiger partial charge is 0.254 e. The van der Waals surface area contributed by atoms with Crippen molar-refractivity contribution in [1.82, 2.24) is 25.2 Å². The molecular formula is C26H31FN6O2. The van der Waals surface area contributed by atoms with Gasteiger partial charge < -0.3 is 15.2 Å². The number of halogens is 1. The maximum Gasteiger partial charge on any atom is 0.254 e. The van der Waals surface area contributed by atoms with Crippen molar-refractivity contribution >= 4 is 17.3 Å². The van der Waals surface area contributed by atoms with Crippen LogP contribution in [-0.4, -0.2) is 65.0 Å². The second-order valence-electron chi connectivity index (χ2n) is 10.4. The third-order valence-corrected chi connectivity index (χ3v) is 8.30. The summed E-state index contributed by atoms with van der Waals surface area (Å²) in [7, 11) is 1.51. The van der Waals surface area contributed by atoms with Gasteiger partial charge in [-0.3, -0.25) is 14.5 Å². The average molecular weight is 479 g/mol. The van der Waals surface area contributed by atoms with Crippen molar-refractivity contribution in [2.24, 2.45) is 5.41 Å². The number of fused-ring (bicyclic) bond motifs is 1. The molecule has 2 N–H and O–H groups in total. The molecule has 3 heterocycles. The molecule has 0 aromatic carbocycles. The first-order valence-electron chi connectivity index (χ1n) is 12.6. The third kappa shape index (κ3) is 4.16. The maximum atomic E-state index is 14.6. The van der Waals surface area contributed by atoms with Crippen LogP contribution in [0.4, 0.5) is 10.2 Å². The number of piperazine rings is 1. The lowest BCUT2D eigenvalue weighted by atomic mass is 9.84. The first-order valence-corrected chi connectivity index (χ1v) is 12.6. The fourth-order valence-corrected chi connectivity index (χ4v) is 5.92. The van der Waals surface area contributed by atoms with E-state index >= 15 is 0 Å². The minimum Gasteiger partial charge on any atom is -0.355 e. The topological polar surface area (TPSA) is 94.2 Å². The summed E-state index contributed by atoms with van der Waals surface area (Å²) in [6, 6.07) is 1.53. The highest BCUT2D eigenvalue weighted by molar-refractivity contribution is 5.93. The Kier molecular flexibility index (Phi) is 5.47. The molecule has 0 radical (unpaired) electrons. The molecule has 8 nitrogen and oxygen atoms in total. The molecule has 0 bridgehead atoms. The van der Waals surface area contributed by atoms with Gasteiger partial charge in [0.05, 0.1) is 11.3 Å². The minimum absolute atomic E-state index is 0.0471. The third-order valence-electron chi connectivity index (χ3n) is 8.30. The van der Waals surface area contributed by atoms with Gasteiger partial charge in [-0.15, -0.1) is 0 Å². The van der Waals surface area contributed by atoms with E-state index in [0.717, 1.165) is 67.8 Å². The van der Waals surface area contributed by atoms with Gasteiger partial charge in [-0.05, 0) is 62.0 Å². The highest BCUT2D eigenvalue weighted by Crippen LogP contribution is 2.53. The standard InChI is InChI=1S/C26H31FN6O2/c1-28-24(34)17-13-20(27)23(29-15-17)33-10-8-32(9-11-33)18-3-2-16(12-18)22-30-21-4-5-26(6-7-26)14-19(21)25(35)31-22/h12-13,15,18H,2-11,14H2,1H3,(H,28,34)(H,30,31,35)/t18-/m1/s1. The number of anilines is 1. The highest BCUT2D eigenvalue weighted by atomic mass is 19.1. The number of aryl methyl sites for hydroxylation is 1. The Balaban J connectivity index is 1.12. The Bertz CT molecular complexity index is 1260. The molecule has 1 aliphatic heterocycles. The summed E-state index contributed by atoms with van der Waals surface area (Å²) in [4.78, 5) is 41.1. The summed E-state index contributed by atoms with van der Waals surface area (Å²) < 4.78 is 14.6. The number of rotatable bonds is 4. The van der Waals surface area contributed by atoms with Gasteiger partial charge in [-0.25, -0.2) is 14.4 Å². The van der Waals surface area contributed by atoms with Crippen LogP contribution in [0.2, 0.25) is 0 Å². The van der Waals surface area contributed by atoms with Crippen molar-refractivity contribution in [3.63, 3.8) is 0 Å². The first-order chi connectivity index (χ1) is 16.9. The molecule has 0 unspecified atom stereocenters. The number of aromatic amines is 1. The molecule has 2 aromatic rings. The van der Waals surface area contributed by atoms with Crippen LogP contribution in [0.3, 0.4) is 0 Å². The zero-order chi connectivity index (χ0) is 24.2. The van der Waals surface area contributed by atoms with Crippen LogP contribution in [0, 0.1) is 11.2 Å². The normalized spacial score (nSPS) is 23.2. The first kappa shape index (κ1) is 22.4. The van der Waals surface area contributed by atoms with E-state index in [0.29, 0.717) is 24.3 Å². The van der Waals surface area contributed by atoms with E-state index in [-0.39, 0.29) is 23.1 Å². The average Bonchev–Trinajstić information content (AvgIpc) is 3.43. The van der Waals surface area contributed by atoms with E-state index < -0.39 is 5.82 Å². The SMILES string of the molecule is CNC(=O)c1cnc(N2CCN([C@H]3C=C(c4nc5c(c(=O)[nH]4)CC4(CC5)CC4)CC3)CC2)c(F)c1. The lowest BCUT2D eigenvalue weighted by Crippen LogP contribution is -2.50. The van der Waals surface area contributed by atoms with E-state index in [4.69, 9.17) is 4.98 Å². The molecule has 184 valence electrons. The predicted molar refractivity (Wildman–Crippen MR) is 131 cm³/mol. The number of aromatic nitrogens is 3. The van der Waals surface area contributed by atoms with Crippen molar-refractivity contribution in [1.29, 1.82) is 0 Å². The number of hydrogen-bond donors (Lipinski definition) is 2. The van der Waals surface area contributed by atoms with Crippen molar-refractivity contribution in [3.8, 4) is 0 Å². The number of nitrogens with zero attached hydrogens (tertiary/aromatic N) is 4. The van der Waals surface area contributed by atoms with Crippen LogP contribution >= 0.6 is 0 Å². The molecule has 4 aliphatic rings. The summed E-state index contributed by atoms with van der Waals surface area (Å²) in [6.45, 7) is 2.92. The summed E-state index contributed by atoms with van der Waals surface area (Å²) >= 11 is 0. The predicted octanol–water partition coefficient (Wildman–Crippen LogP) is 2.30. The van der Waals surface area contributed by atoms with Crippen LogP contribution in [0.5, 0.6) is 0 Å². The van der Waals surface area contributed by atoms with Gasteiger partial charge in [0.15, 0.2) is 11.6 Å². The quantitative estimate of drug-likeness (QED) is 0.701. The molecule has 3 aliphatic carbocycles. The molecule has 2 aromatic heterocycles. The second-order valence-corrected chi connectivity index (χ2v) is 10.4. The van der Waals surface area contributed by atoms with Crippen LogP contribution in [0.15, 0.2) is 23.1 Å². The van der Waals surface area contributed by atoms with Crippen LogP contribution in [-0.2, 0) is 12.8 Å². The maximum absolute atomic E-state index is 14.6. The van der Waals surface area contributed by atoms with Crippen molar-refractivity contribution in [3.05, 3.63) is 57.2 Å². The lowest BCUT2D eigenvalue weighted by Gasteiger charge is -2.38. The number of allylic oxidation sites excluding steroid dienone is 1. The largest absolute Gasteiger partial charge is 0.355 e. The van der Waals surface area contributed by atoms with E-state index in [1.807, 2.05) is 4.90 Å². The van der Waals surface area contributed by atoms with Gasteiger partial charge in [-0.2, -0.15) is 0 Å². The van der Waals surface area contributed by atoms with Crippen LogP contribution in [0.1, 0.15) is 59.5 Å². The Labute approximate surface area is 203 Å². The molecule has 1 spiro atoms. The van der Waals surface area contributed by atoms with Gasteiger partial charge in [-0.1, -0.05) is 6.08 Å². The van der Waals surface area contributed by atoms with Gasteiger partial charge in [0, 0.05) is 51.0 Å². The summed E-state index contributed by atoms with van der Waals surface area (Å²) in [6.07, 6.45) is 11.0. The van der Waals surface area contributed by atoms with Crippen LogP contribution < -0.4 is 15.8 Å². The van der Waals surface area contributed by atoms with Crippen LogP contribution in [0.25, 0.3) is 5.57 Å². The molecule has 1 atom stereocenters. The molecule has 35 heavy (non-hydrogen) atoms. The van der Waals surface area contributed by atoms with E-state index in [2.05, 4.69) is 26.3 Å². The number of carbonyl (C=O) groups excluding carboxylic acids is 1. The van der Waals surface area contributed by atoms with Gasteiger partial charge in [0.1, 0.15) is 5.82 Å².